The Kier molecular flexibility index (Phi) is 3.30. The number of aryl methyl sites for hydroxylation is 3. The Labute approximate surface area is 119 Å². The molecule has 18 heavy (non-hydrogen) atoms. The van der Waals surface area contributed by atoms with Gasteiger partial charge in [0, 0.05) is 16.8 Å². The van der Waals surface area contributed by atoms with Crippen LogP contribution in [0.15, 0.2) is 16.7 Å². The van der Waals surface area contributed by atoms with Crippen LogP contribution in [0.1, 0.15) is 39.9 Å². The normalized spacial score (nSPS) is 16.6. The molecule has 3 rings (SSSR count). The minimum Gasteiger partial charge on any atom is -0.318 e. The second-order valence-electron chi connectivity index (χ2n) is 4.78. The lowest BCUT2D eigenvalue weighted by molar-refractivity contribution is 0.675. The largest absolute Gasteiger partial charge is 0.318 e. The van der Waals surface area contributed by atoms with Gasteiger partial charge in [0.2, 0.25) is 0 Å². The van der Waals surface area contributed by atoms with E-state index in [4.69, 9.17) is 5.73 Å². The van der Waals surface area contributed by atoms with Crippen molar-refractivity contribution in [3.8, 4) is 0 Å². The molecule has 1 atom stereocenters. The smallest absolute Gasteiger partial charge is 0.0828 e. The first kappa shape index (κ1) is 12.4. The first-order valence-corrected chi connectivity index (χ1v) is 7.82. The van der Waals surface area contributed by atoms with Crippen LogP contribution in [0.3, 0.4) is 0 Å². The molecule has 2 N–H and O–H groups in total. The number of nitrogens with zero attached hydrogens (tertiary/aromatic N) is 2. The van der Waals surface area contributed by atoms with Gasteiger partial charge in [-0.25, -0.2) is 0 Å². The predicted octanol–water partition coefficient (Wildman–Crippen LogP) is 3.17. The summed E-state index contributed by atoms with van der Waals surface area (Å²) in [6, 6.07) is 2.21. The summed E-state index contributed by atoms with van der Waals surface area (Å²) in [5, 5.41) is 4.24. The standard InChI is InChI=1S/C13H16BrN3S/c1-17-13(9(14)7-16-17)12(15)11-6-8-4-2-3-5-10(8)18-11/h6-7,12H,2-5,15H2,1H3. The summed E-state index contributed by atoms with van der Waals surface area (Å²) in [7, 11) is 1.94. The van der Waals surface area contributed by atoms with Crippen molar-refractivity contribution < 1.29 is 0 Å². The highest BCUT2D eigenvalue weighted by molar-refractivity contribution is 9.10. The third kappa shape index (κ3) is 2.04. The molecule has 0 saturated heterocycles. The van der Waals surface area contributed by atoms with E-state index in [-0.39, 0.29) is 6.04 Å². The maximum atomic E-state index is 6.39. The topological polar surface area (TPSA) is 43.8 Å². The SMILES string of the molecule is Cn1ncc(Br)c1C(N)c1cc2c(s1)CCCC2. The monoisotopic (exact) mass is 325 g/mol. The Bertz CT molecular complexity index is 530. The van der Waals surface area contributed by atoms with E-state index in [0.29, 0.717) is 0 Å². The Balaban J connectivity index is 1.97. The van der Waals surface area contributed by atoms with Crippen molar-refractivity contribution in [2.75, 3.05) is 0 Å². The molecule has 96 valence electrons. The van der Waals surface area contributed by atoms with Crippen LogP contribution in [0, 0.1) is 0 Å². The van der Waals surface area contributed by atoms with Gasteiger partial charge in [-0.1, -0.05) is 0 Å². The number of thiophene rings is 1. The van der Waals surface area contributed by atoms with E-state index in [2.05, 4.69) is 27.1 Å². The van der Waals surface area contributed by atoms with E-state index in [0.717, 1.165) is 10.2 Å². The van der Waals surface area contributed by atoms with Crippen molar-refractivity contribution in [2.45, 2.75) is 31.7 Å². The zero-order valence-corrected chi connectivity index (χ0v) is 12.7. The molecule has 0 aromatic carbocycles. The summed E-state index contributed by atoms with van der Waals surface area (Å²) in [5.41, 5.74) is 8.95. The van der Waals surface area contributed by atoms with Gasteiger partial charge in [-0.15, -0.1) is 11.3 Å². The van der Waals surface area contributed by atoms with Crippen molar-refractivity contribution in [2.24, 2.45) is 12.8 Å². The van der Waals surface area contributed by atoms with Crippen molar-refractivity contribution in [1.82, 2.24) is 9.78 Å². The van der Waals surface area contributed by atoms with Crippen LogP contribution < -0.4 is 5.73 Å². The van der Waals surface area contributed by atoms with Gasteiger partial charge >= 0.3 is 0 Å². The molecule has 0 saturated carbocycles. The highest BCUT2D eigenvalue weighted by Gasteiger charge is 2.21. The minimum absolute atomic E-state index is 0.0810. The summed E-state index contributed by atoms with van der Waals surface area (Å²) < 4.78 is 2.84. The second-order valence-corrected chi connectivity index (χ2v) is 6.81. The molecule has 0 bridgehead atoms. The number of hydrogen-bond donors (Lipinski definition) is 1. The predicted molar refractivity (Wildman–Crippen MR) is 77.9 cm³/mol. The van der Waals surface area contributed by atoms with Crippen LogP contribution in [-0.4, -0.2) is 9.78 Å². The summed E-state index contributed by atoms with van der Waals surface area (Å²) in [5.74, 6) is 0. The maximum absolute atomic E-state index is 6.39. The second kappa shape index (κ2) is 4.79. The van der Waals surface area contributed by atoms with E-state index in [1.807, 2.05) is 29.3 Å². The summed E-state index contributed by atoms with van der Waals surface area (Å²) in [6.45, 7) is 0. The maximum Gasteiger partial charge on any atom is 0.0828 e. The van der Waals surface area contributed by atoms with Gasteiger partial charge in [-0.2, -0.15) is 5.10 Å². The first-order chi connectivity index (χ1) is 8.66. The zero-order chi connectivity index (χ0) is 12.7. The lowest BCUT2D eigenvalue weighted by Crippen LogP contribution is -2.15. The fraction of sp³-hybridized carbons (Fsp3) is 0.462. The lowest BCUT2D eigenvalue weighted by Gasteiger charge is -2.10. The van der Waals surface area contributed by atoms with E-state index in [1.54, 1.807) is 0 Å². The molecule has 2 heterocycles. The highest BCUT2D eigenvalue weighted by atomic mass is 79.9. The van der Waals surface area contributed by atoms with Crippen LogP contribution >= 0.6 is 27.3 Å². The van der Waals surface area contributed by atoms with Crippen molar-refractivity contribution >= 4 is 27.3 Å². The first-order valence-electron chi connectivity index (χ1n) is 6.21. The van der Waals surface area contributed by atoms with Gasteiger partial charge in [0.05, 0.1) is 22.4 Å². The zero-order valence-electron chi connectivity index (χ0n) is 10.3. The fourth-order valence-corrected chi connectivity index (χ4v) is 4.43. The van der Waals surface area contributed by atoms with Crippen LogP contribution in [0.2, 0.25) is 0 Å². The molecule has 0 aliphatic heterocycles. The summed E-state index contributed by atoms with van der Waals surface area (Å²) in [4.78, 5) is 2.79. The van der Waals surface area contributed by atoms with Crippen LogP contribution in [0.25, 0.3) is 0 Å². The third-order valence-corrected chi connectivity index (χ3v) is 5.49. The Morgan fingerprint density at radius 1 is 1.44 bits per heavy atom. The Hall–Kier alpha value is -0.650. The molecule has 1 aliphatic carbocycles. The molecular formula is C13H16BrN3S. The van der Waals surface area contributed by atoms with Gasteiger partial charge in [-0.3, -0.25) is 4.68 Å². The number of fused-ring (bicyclic) bond motifs is 1. The molecule has 1 unspecified atom stereocenters. The molecule has 5 heteroatoms. The van der Waals surface area contributed by atoms with Crippen LogP contribution in [-0.2, 0) is 19.9 Å². The fourth-order valence-electron chi connectivity index (χ4n) is 2.57. The quantitative estimate of drug-likeness (QED) is 0.921. The van der Waals surface area contributed by atoms with Crippen molar-refractivity contribution in [3.63, 3.8) is 0 Å². The third-order valence-electron chi connectivity index (χ3n) is 3.55. The van der Waals surface area contributed by atoms with E-state index >= 15 is 0 Å². The van der Waals surface area contributed by atoms with Crippen LogP contribution in [0.5, 0.6) is 0 Å². The highest BCUT2D eigenvalue weighted by Crippen LogP contribution is 2.35. The Morgan fingerprint density at radius 2 is 2.22 bits per heavy atom. The van der Waals surface area contributed by atoms with E-state index in [1.165, 1.54) is 41.0 Å². The number of halogens is 1. The molecule has 0 spiro atoms. The Morgan fingerprint density at radius 3 is 2.89 bits per heavy atom. The summed E-state index contributed by atoms with van der Waals surface area (Å²) in [6.07, 6.45) is 6.87. The number of nitrogens with two attached hydrogens (primary N) is 1. The van der Waals surface area contributed by atoms with Crippen molar-refractivity contribution in [3.05, 3.63) is 37.7 Å². The number of hydrogen-bond acceptors (Lipinski definition) is 3. The number of aromatic nitrogens is 2. The van der Waals surface area contributed by atoms with Crippen LogP contribution in [0.4, 0.5) is 0 Å². The number of rotatable bonds is 2. The van der Waals surface area contributed by atoms with Gasteiger partial charge in [0.15, 0.2) is 0 Å². The molecule has 2 aromatic rings. The van der Waals surface area contributed by atoms with Gasteiger partial charge in [0.25, 0.3) is 0 Å². The van der Waals surface area contributed by atoms with Crippen molar-refractivity contribution in [1.29, 1.82) is 0 Å². The molecule has 3 nitrogen and oxygen atoms in total. The molecule has 0 amide bonds. The molecule has 2 aromatic heterocycles. The average Bonchev–Trinajstić information content (AvgIpc) is 2.92. The lowest BCUT2D eigenvalue weighted by atomic mass is 9.98. The van der Waals surface area contributed by atoms with Gasteiger partial charge in [-0.05, 0) is 53.2 Å². The van der Waals surface area contributed by atoms with Gasteiger partial charge < -0.3 is 5.73 Å². The molecule has 0 radical (unpaired) electrons. The van der Waals surface area contributed by atoms with Gasteiger partial charge in [0.1, 0.15) is 0 Å². The molecule has 1 aliphatic rings. The van der Waals surface area contributed by atoms with E-state index < -0.39 is 0 Å². The van der Waals surface area contributed by atoms with E-state index in [9.17, 15) is 0 Å². The summed E-state index contributed by atoms with van der Waals surface area (Å²) >= 11 is 5.40. The average molecular weight is 326 g/mol. The minimum atomic E-state index is -0.0810. The molecular weight excluding hydrogens is 310 g/mol. The molecule has 0 fully saturated rings.